The molecule has 3 N–H and O–H groups in total. The Labute approximate surface area is 128 Å². The molecule has 0 aliphatic heterocycles. The Bertz CT molecular complexity index is 607. The Kier molecular flexibility index (Phi) is 3.81. The van der Waals surface area contributed by atoms with E-state index in [0.717, 1.165) is 23.0 Å². The molecule has 20 heavy (non-hydrogen) atoms. The molecule has 3 heteroatoms. The van der Waals surface area contributed by atoms with Gasteiger partial charge < -0.3 is 11.1 Å². The lowest BCUT2D eigenvalue weighted by molar-refractivity contribution is 0.465. The van der Waals surface area contributed by atoms with Crippen LogP contribution in [-0.2, 0) is 6.42 Å². The van der Waals surface area contributed by atoms with Crippen LogP contribution in [0, 0.1) is 0 Å². The normalized spacial score (nSPS) is 18.8. The van der Waals surface area contributed by atoms with E-state index in [1.54, 1.807) is 0 Å². The molecule has 0 spiro atoms. The van der Waals surface area contributed by atoms with E-state index in [0.29, 0.717) is 12.1 Å². The van der Waals surface area contributed by atoms with Gasteiger partial charge in [0.25, 0.3) is 0 Å². The molecule has 0 bridgehead atoms. The van der Waals surface area contributed by atoms with E-state index in [1.807, 2.05) is 6.07 Å². The molecule has 1 aliphatic carbocycles. The quantitative estimate of drug-likeness (QED) is 0.820. The minimum absolute atomic E-state index is 0.344. The van der Waals surface area contributed by atoms with Gasteiger partial charge in [0.15, 0.2) is 0 Å². The molecule has 0 fully saturated rings. The molecule has 2 aromatic carbocycles. The zero-order valence-electron chi connectivity index (χ0n) is 11.6. The standard InChI is InChI=1S/C17H19BrN2/c1-11(12-2-5-14(18)6-3-12)20-17-9-4-13-10-15(19)7-8-16(13)17/h2-3,5-8,10-11,17,20H,4,9,19H2,1H3/t11-,17?/m1/s1. The van der Waals surface area contributed by atoms with Crippen LogP contribution in [0.2, 0.25) is 0 Å². The van der Waals surface area contributed by atoms with Crippen LogP contribution < -0.4 is 11.1 Å². The van der Waals surface area contributed by atoms with Crippen LogP contribution >= 0.6 is 15.9 Å². The summed E-state index contributed by atoms with van der Waals surface area (Å²) in [5, 5.41) is 3.73. The Morgan fingerprint density at radius 2 is 1.95 bits per heavy atom. The summed E-state index contributed by atoms with van der Waals surface area (Å²) in [4.78, 5) is 0. The molecule has 1 unspecified atom stereocenters. The number of anilines is 1. The topological polar surface area (TPSA) is 38.0 Å². The van der Waals surface area contributed by atoms with Gasteiger partial charge in [-0.3, -0.25) is 0 Å². The fourth-order valence-electron chi connectivity index (χ4n) is 2.96. The highest BCUT2D eigenvalue weighted by atomic mass is 79.9. The van der Waals surface area contributed by atoms with E-state index in [9.17, 15) is 0 Å². The Hall–Kier alpha value is -1.32. The van der Waals surface area contributed by atoms with Crippen molar-refractivity contribution < 1.29 is 0 Å². The van der Waals surface area contributed by atoms with E-state index >= 15 is 0 Å². The number of aryl methyl sites for hydroxylation is 1. The van der Waals surface area contributed by atoms with Gasteiger partial charge in [-0.2, -0.15) is 0 Å². The maximum absolute atomic E-state index is 5.86. The van der Waals surface area contributed by atoms with Crippen molar-refractivity contribution in [3.63, 3.8) is 0 Å². The summed E-state index contributed by atoms with van der Waals surface area (Å²) in [6.45, 7) is 2.22. The highest BCUT2D eigenvalue weighted by molar-refractivity contribution is 9.10. The maximum atomic E-state index is 5.86. The molecule has 0 radical (unpaired) electrons. The Morgan fingerprint density at radius 1 is 1.20 bits per heavy atom. The number of rotatable bonds is 3. The van der Waals surface area contributed by atoms with Crippen LogP contribution in [0.15, 0.2) is 46.9 Å². The van der Waals surface area contributed by atoms with Gasteiger partial charge in [-0.05, 0) is 60.7 Å². The van der Waals surface area contributed by atoms with Crippen molar-refractivity contribution >= 4 is 21.6 Å². The first kappa shape index (κ1) is 13.7. The van der Waals surface area contributed by atoms with Gasteiger partial charge in [-0.25, -0.2) is 0 Å². The first-order valence-electron chi connectivity index (χ1n) is 7.03. The summed E-state index contributed by atoms with van der Waals surface area (Å²) < 4.78 is 1.12. The molecule has 0 heterocycles. The predicted octanol–water partition coefficient (Wildman–Crippen LogP) is 4.37. The molecule has 2 nitrogen and oxygen atoms in total. The summed E-state index contributed by atoms with van der Waals surface area (Å²) in [6.07, 6.45) is 2.27. The molecule has 2 atom stereocenters. The van der Waals surface area contributed by atoms with E-state index in [2.05, 4.69) is 64.6 Å². The second-order valence-electron chi connectivity index (χ2n) is 5.49. The molecule has 2 aromatic rings. The largest absolute Gasteiger partial charge is 0.399 e. The Balaban J connectivity index is 1.75. The fourth-order valence-corrected chi connectivity index (χ4v) is 3.22. The third-order valence-corrected chi connectivity index (χ3v) is 4.59. The number of benzene rings is 2. The van der Waals surface area contributed by atoms with Crippen molar-refractivity contribution in [1.82, 2.24) is 5.32 Å². The molecule has 104 valence electrons. The first-order valence-corrected chi connectivity index (χ1v) is 7.82. The van der Waals surface area contributed by atoms with Gasteiger partial charge in [0.2, 0.25) is 0 Å². The maximum Gasteiger partial charge on any atom is 0.0331 e. The summed E-state index contributed by atoms with van der Waals surface area (Å²) in [5.41, 5.74) is 10.8. The van der Waals surface area contributed by atoms with Crippen molar-refractivity contribution in [3.05, 3.63) is 63.6 Å². The van der Waals surface area contributed by atoms with Crippen molar-refractivity contribution in [3.8, 4) is 0 Å². The highest BCUT2D eigenvalue weighted by Gasteiger charge is 2.23. The van der Waals surface area contributed by atoms with Crippen LogP contribution in [0.4, 0.5) is 5.69 Å². The monoisotopic (exact) mass is 330 g/mol. The SMILES string of the molecule is C[C@@H](NC1CCc2cc(N)ccc21)c1ccc(Br)cc1. The number of nitrogens with two attached hydrogens (primary N) is 1. The minimum Gasteiger partial charge on any atom is -0.399 e. The highest BCUT2D eigenvalue weighted by Crippen LogP contribution is 2.34. The summed E-state index contributed by atoms with van der Waals surface area (Å²) >= 11 is 3.48. The number of fused-ring (bicyclic) bond motifs is 1. The summed E-state index contributed by atoms with van der Waals surface area (Å²) in [7, 11) is 0. The number of hydrogen-bond donors (Lipinski definition) is 2. The second-order valence-corrected chi connectivity index (χ2v) is 6.41. The zero-order chi connectivity index (χ0) is 14.1. The molecule has 1 aliphatic rings. The van der Waals surface area contributed by atoms with Gasteiger partial charge in [0.1, 0.15) is 0 Å². The average Bonchev–Trinajstić information content (AvgIpc) is 2.81. The van der Waals surface area contributed by atoms with Gasteiger partial charge in [-0.15, -0.1) is 0 Å². The molecule has 0 saturated carbocycles. The van der Waals surface area contributed by atoms with Crippen LogP contribution in [0.25, 0.3) is 0 Å². The number of halogens is 1. The van der Waals surface area contributed by atoms with Gasteiger partial charge >= 0.3 is 0 Å². The number of nitrogens with one attached hydrogen (secondary N) is 1. The lowest BCUT2D eigenvalue weighted by atomic mass is 10.0. The molecule has 0 saturated heterocycles. The van der Waals surface area contributed by atoms with Crippen LogP contribution in [0.1, 0.15) is 42.1 Å². The average molecular weight is 331 g/mol. The molecule has 0 amide bonds. The lowest BCUT2D eigenvalue weighted by Crippen LogP contribution is -2.22. The predicted molar refractivity (Wildman–Crippen MR) is 87.6 cm³/mol. The zero-order valence-corrected chi connectivity index (χ0v) is 13.2. The molecular weight excluding hydrogens is 312 g/mol. The van der Waals surface area contributed by atoms with E-state index in [4.69, 9.17) is 5.73 Å². The summed E-state index contributed by atoms with van der Waals surface area (Å²) in [5.74, 6) is 0. The van der Waals surface area contributed by atoms with E-state index < -0.39 is 0 Å². The van der Waals surface area contributed by atoms with Crippen molar-refractivity contribution in [2.45, 2.75) is 31.8 Å². The molecule has 3 rings (SSSR count). The van der Waals surface area contributed by atoms with Crippen LogP contribution in [0.3, 0.4) is 0 Å². The second kappa shape index (κ2) is 5.58. The van der Waals surface area contributed by atoms with Crippen molar-refractivity contribution in [2.24, 2.45) is 0 Å². The van der Waals surface area contributed by atoms with Crippen LogP contribution in [0.5, 0.6) is 0 Å². The third kappa shape index (κ3) is 2.74. The van der Waals surface area contributed by atoms with E-state index in [-0.39, 0.29) is 0 Å². The van der Waals surface area contributed by atoms with E-state index in [1.165, 1.54) is 16.7 Å². The lowest BCUT2D eigenvalue weighted by Gasteiger charge is -2.21. The Morgan fingerprint density at radius 3 is 2.70 bits per heavy atom. The van der Waals surface area contributed by atoms with Crippen molar-refractivity contribution in [1.29, 1.82) is 0 Å². The molecular formula is C17H19BrN2. The van der Waals surface area contributed by atoms with Crippen LogP contribution in [-0.4, -0.2) is 0 Å². The number of nitrogen functional groups attached to an aromatic ring is 1. The fraction of sp³-hybridized carbons (Fsp3) is 0.294. The number of hydrogen-bond acceptors (Lipinski definition) is 2. The summed E-state index contributed by atoms with van der Waals surface area (Å²) in [6, 6.07) is 15.6. The third-order valence-electron chi connectivity index (χ3n) is 4.07. The molecule has 0 aromatic heterocycles. The van der Waals surface area contributed by atoms with Gasteiger partial charge in [0.05, 0.1) is 0 Å². The van der Waals surface area contributed by atoms with Gasteiger partial charge in [0, 0.05) is 22.2 Å². The minimum atomic E-state index is 0.344. The van der Waals surface area contributed by atoms with Crippen molar-refractivity contribution in [2.75, 3.05) is 5.73 Å². The smallest absolute Gasteiger partial charge is 0.0331 e. The first-order chi connectivity index (χ1) is 9.63. The van der Waals surface area contributed by atoms with Gasteiger partial charge in [-0.1, -0.05) is 34.1 Å².